The van der Waals surface area contributed by atoms with Crippen LogP contribution >= 0.6 is 0 Å². The molecule has 1 unspecified atom stereocenters. The van der Waals surface area contributed by atoms with Crippen LogP contribution in [0, 0.1) is 0 Å². The highest BCUT2D eigenvalue weighted by atomic mass is 14.9. The van der Waals surface area contributed by atoms with Gasteiger partial charge in [-0.05, 0) is 43.9 Å². The molecule has 3 heterocycles. The highest BCUT2D eigenvalue weighted by molar-refractivity contribution is 5.88. The fraction of sp³-hybridized carbons (Fsp3) is 0.300. The molecule has 4 nitrogen and oxygen atoms in total. The molecular weight excluding hydrogens is 296 g/mol. The van der Waals surface area contributed by atoms with E-state index in [-0.39, 0.29) is 0 Å². The molecule has 0 fully saturated rings. The summed E-state index contributed by atoms with van der Waals surface area (Å²) in [5.41, 5.74) is 3.39. The van der Waals surface area contributed by atoms with Crippen LogP contribution in [0.2, 0.25) is 0 Å². The third-order valence-electron chi connectivity index (χ3n) is 4.38. The third-order valence-corrected chi connectivity index (χ3v) is 4.38. The number of allylic oxidation sites excluding steroid dienone is 3. The Morgan fingerprint density at radius 1 is 1.25 bits per heavy atom. The van der Waals surface area contributed by atoms with Crippen molar-refractivity contribution in [2.75, 3.05) is 12.4 Å². The Bertz CT molecular complexity index is 804. The fourth-order valence-electron chi connectivity index (χ4n) is 2.99. The second-order valence-electron chi connectivity index (χ2n) is 6.14. The van der Waals surface area contributed by atoms with Gasteiger partial charge in [0.15, 0.2) is 0 Å². The minimum absolute atomic E-state index is 0.397. The van der Waals surface area contributed by atoms with Gasteiger partial charge in [0.1, 0.15) is 5.82 Å². The second-order valence-corrected chi connectivity index (χ2v) is 6.14. The number of nitrogens with zero attached hydrogens (tertiary/aromatic N) is 2. The molecule has 2 aromatic rings. The normalized spacial score (nSPS) is 17.0. The van der Waals surface area contributed by atoms with E-state index in [1.54, 1.807) is 0 Å². The standard InChI is InChI=1S/C20H24N4/c1-4-5-6-7-17-8-14(2)18(13-22-17)19-9-15-12-24-20(21-3)10-16(15)11-23-19/h4,8-13,17,22H,1,5-7H2,2-3H3,(H,21,24). The van der Waals surface area contributed by atoms with E-state index in [0.717, 1.165) is 47.1 Å². The van der Waals surface area contributed by atoms with E-state index in [1.165, 1.54) is 5.57 Å². The molecule has 124 valence electrons. The molecule has 2 aromatic heterocycles. The highest BCUT2D eigenvalue weighted by Crippen LogP contribution is 2.27. The van der Waals surface area contributed by atoms with Gasteiger partial charge in [-0.3, -0.25) is 4.98 Å². The third kappa shape index (κ3) is 3.48. The Morgan fingerprint density at radius 3 is 2.79 bits per heavy atom. The van der Waals surface area contributed by atoms with E-state index in [0.29, 0.717) is 6.04 Å². The second kappa shape index (κ2) is 7.30. The van der Waals surface area contributed by atoms with Gasteiger partial charge in [-0.25, -0.2) is 4.98 Å². The molecule has 0 amide bonds. The highest BCUT2D eigenvalue weighted by Gasteiger charge is 2.14. The molecular formula is C20H24N4. The molecule has 1 aliphatic rings. The Labute approximate surface area is 143 Å². The van der Waals surface area contributed by atoms with Gasteiger partial charge in [0.25, 0.3) is 0 Å². The van der Waals surface area contributed by atoms with Gasteiger partial charge in [0, 0.05) is 48.0 Å². The number of nitrogens with one attached hydrogen (secondary N) is 2. The molecule has 0 saturated heterocycles. The van der Waals surface area contributed by atoms with E-state index >= 15 is 0 Å². The van der Waals surface area contributed by atoms with Gasteiger partial charge in [-0.2, -0.15) is 0 Å². The molecule has 0 aliphatic carbocycles. The summed E-state index contributed by atoms with van der Waals surface area (Å²) in [6, 6.07) is 4.51. The van der Waals surface area contributed by atoms with Crippen LogP contribution in [0.4, 0.5) is 5.82 Å². The number of hydrogen-bond donors (Lipinski definition) is 2. The van der Waals surface area contributed by atoms with Crippen LogP contribution in [0.1, 0.15) is 31.9 Å². The van der Waals surface area contributed by atoms with Crippen LogP contribution in [-0.4, -0.2) is 23.1 Å². The molecule has 1 atom stereocenters. The molecule has 2 N–H and O–H groups in total. The summed E-state index contributed by atoms with van der Waals surface area (Å²) in [5, 5.41) is 8.73. The van der Waals surface area contributed by atoms with E-state index in [4.69, 9.17) is 0 Å². The van der Waals surface area contributed by atoms with Crippen molar-refractivity contribution in [1.29, 1.82) is 0 Å². The van der Waals surface area contributed by atoms with Crippen LogP contribution in [-0.2, 0) is 0 Å². The monoisotopic (exact) mass is 320 g/mol. The predicted molar refractivity (Wildman–Crippen MR) is 102 cm³/mol. The molecule has 24 heavy (non-hydrogen) atoms. The summed E-state index contributed by atoms with van der Waals surface area (Å²) in [5.74, 6) is 0.856. The van der Waals surface area contributed by atoms with Crippen molar-refractivity contribution in [3.05, 3.63) is 60.7 Å². The quantitative estimate of drug-likeness (QED) is 0.616. The first-order chi connectivity index (χ1) is 11.7. The van der Waals surface area contributed by atoms with Crippen molar-refractivity contribution in [3.63, 3.8) is 0 Å². The van der Waals surface area contributed by atoms with E-state index in [2.05, 4.69) is 52.4 Å². The largest absolute Gasteiger partial charge is 0.384 e. The maximum Gasteiger partial charge on any atom is 0.126 e. The lowest BCUT2D eigenvalue weighted by Crippen LogP contribution is -2.25. The summed E-state index contributed by atoms with van der Waals surface area (Å²) in [4.78, 5) is 9.03. The zero-order valence-corrected chi connectivity index (χ0v) is 14.3. The van der Waals surface area contributed by atoms with Gasteiger partial charge in [-0.15, -0.1) is 6.58 Å². The van der Waals surface area contributed by atoms with Crippen molar-refractivity contribution in [3.8, 4) is 0 Å². The molecule has 3 rings (SSSR count). The number of rotatable bonds is 6. The van der Waals surface area contributed by atoms with Gasteiger partial charge in [0.2, 0.25) is 0 Å². The molecule has 1 aliphatic heterocycles. The Morgan fingerprint density at radius 2 is 2.04 bits per heavy atom. The number of anilines is 1. The van der Waals surface area contributed by atoms with Crippen molar-refractivity contribution >= 4 is 22.2 Å². The first-order valence-electron chi connectivity index (χ1n) is 8.41. The fourth-order valence-corrected chi connectivity index (χ4v) is 2.99. The summed E-state index contributed by atoms with van der Waals surface area (Å²) in [6.45, 7) is 5.93. The van der Waals surface area contributed by atoms with Crippen LogP contribution < -0.4 is 10.6 Å². The number of hydrogen-bond acceptors (Lipinski definition) is 4. The van der Waals surface area contributed by atoms with E-state index in [1.807, 2.05) is 31.6 Å². The zero-order valence-electron chi connectivity index (χ0n) is 14.3. The molecule has 0 saturated carbocycles. The zero-order chi connectivity index (χ0) is 16.9. The Kier molecular flexibility index (Phi) is 4.94. The minimum Gasteiger partial charge on any atom is -0.384 e. The van der Waals surface area contributed by atoms with Crippen LogP contribution in [0.15, 0.2) is 55.0 Å². The first-order valence-corrected chi connectivity index (χ1v) is 8.41. The molecule has 0 aromatic carbocycles. The summed E-state index contributed by atoms with van der Waals surface area (Å²) < 4.78 is 0. The summed E-state index contributed by atoms with van der Waals surface area (Å²) in [7, 11) is 1.87. The molecule has 0 spiro atoms. The van der Waals surface area contributed by atoms with E-state index < -0.39 is 0 Å². The molecule has 0 bridgehead atoms. The minimum atomic E-state index is 0.397. The number of aromatic nitrogens is 2. The summed E-state index contributed by atoms with van der Waals surface area (Å²) in [6.07, 6.45) is 13.5. The Hall–Kier alpha value is -2.62. The van der Waals surface area contributed by atoms with E-state index in [9.17, 15) is 0 Å². The number of dihydropyridines is 1. The van der Waals surface area contributed by atoms with Crippen LogP contribution in [0.3, 0.4) is 0 Å². The number of fused-ring (bicyclic) bond motifs is 1. The SMILES string of the molecule is C=CCCCC1C=C(C)C(c2cc3cnc(NC)cc3cn2)=CN1. The smallest absolute Gasteiger partial charge is 0.126 e. The Balaban J connectivity index is 1.80. The molecule has 0 radical (unpaired) electrons. The van der Waals surface area contributed by atoms with Crippen molar-refractivity contribution in [2.24, 2.45) is 0 Å². The van der Waals surface area contributed by atoms with Crippen molar-refractivity contribution in [1.82, 2.24) is 15.3 Å². The van der Waals surface area contributed by atoms with Gasteiger partial charge < -0.3 is 10.6 Å². The van der Waals surface area contributed by atoms with Gasteiger partial charge in [-0.1, -0.05) is 12.2 Å². The molecule has 4 heteroatoms. The lowest BCUT2D eigenvalue weighted by atomic mass is 9.96. The maximum atomic E-state index is 4.64. The lowest BCUT2D eigenvalue weighted by molar-refractivity contribution is 0.603. The number of pyridine rings is 2. The average molecular weight is 320 g/mol. The maximum absolute atomic E-state index is 4.64. The van der Waals surface area contributed by atoms with Crippen molar-refractivity contribution in [2.45, 2.75) is 32.2 Å². The topological polar surface area (TPSA) is 49.8 Å². The average Bonchev–Trinajstić information content (AvgIpc) is 2.61. The van der Waals surface area contributed by atoms with Crippen molar-refractivity contribution < 1.29 is 0 Å². The number of unbranched alkanes of at least 4 members (excludes halogenated alkanes) is 1. The lowest BCUT2D eigenvalue weighted by Gasteiger charge is -2.22. The summed E-state index contributed by atoms with van der Waals surface area (Å²) >= 11 is 0. The van der Waals surface area contributed by atoms with Crippen LogP contribution in [0.25, 0.3) is 16.3 Å². The van der Waals surface area contributed by atoms with Gasteiger partial charge >= 0.3 is 0 Å². The van der Waals surface area contributed by atoms with Crippen LogP contribution in [0.5, 0.6) is 0 Å². The predicted octanol–water partition coefficient (Wildman–Crippen LogP) is 4.29. The first kappa shape index (κ1) is 16.2. The van der Waals surface area contributed by atoms with Gasteiger partial charge in [0.05, 0.1) is 5.69 Å².